The number of hydrogen-bond acceptors (Lipinski definition) is 6. The Bertz CT molecular complexity index is 1270. The normalized spacial score (nSPS) is 14.1. The number of nitrogens with zero attached hydrogens (tertiary/aromatic N) is 3. The summed E-state index contributed by atoms with van der Waals surface area (Å²) in [6.45, 7) is 4.68. The summed E-state index contributed by atoms with van der Waals surface area (Å²) >= 11 is 0. The van der Waals surface area contributed by atoms with E-state index in [4.69, 9.17) is 4.74 Å². The Kier molecular flexibility index (Phi) is 7.18. The van der Waals surface area contributed by atoms with Gasteiger partial charge in [0.05, 0.1) is 12.0 Å². The van der Waals surface area contributed by atoms with Crippen molar-refractivity contribution in [1.29, 1.82) is 0 Å². The van der Waals surface area contributed by atoms with Gasteiger partial charge in [-0.1, -0.05) is 13.8 Å². The molecular formula is C22H29N3O6S2. The van der Waals surface area contributed by atoms with Crippen molar-refractivity contribution in [2.75, 3.05) is 45.7 Å². The number of fused-ring (bicyclic) bond motifs is 1. The van der Waals surface area contributed by atoms with E-state index in [0.717, 1.165) is 9.87 Å². The molecule has 9 nitrogen and oxygen atoms in total. The van der Waals surface area contributed by atoms with Crippen molar-refractivity contribution in [2.24, 2.45) is 0 Å². The lowest BCUT2D eigenvalue weighted by molar-refractivity contribution is 0.0989. The lowest BCUT2D eigenvalue weighted by Crippen LogP contribution is -2.31. The standard InChI is InChI=1S/C22H29N3O6S2/c1-6-24(7-2)32(27,28)18-9-10-19-16(14-18)12-13-25(19)22(26)17-8-11-20(31-5)21(15-17)33(29,30)23(3)4/h8-11,14-15H,6-7,12-13H2,1-5H3. The van der Waals surface area contributed by atoms with Crippen LogP contribution in [0.15, 0.2) is 46.2 Å². The van der Waals surface area contributed by atoms with Gasteiger partial charge >= 0.3 is 0 Å². The number of benzene rings is 2. The second-order valence-electron chi connectivity index (χ2n) is 7.74. The molecule has 33 heavy (non-hydrogen) atoms. The second kappa shape index (κ2) is 9.41. The maximum Gasteiger partial charge on any atom is 0.258 e. The van der Waals surface area contributed by atoms with Gasteiger partial charge < -0.3 is 9.64 Å². The van der Waals surface area contributed by atoms with Crippen molar-refractivity contribution in [3.8, 4) is 5.75 Å². The number of carbonyl (C=O) groups is 1. The fourth-order valence-corrected chi connectivity index (χ4v) is 6.41. The topological polar surface area (TPSA) is 104 Å². The van der Waals surface area contributed by atoms with Crippen LogP contribution in [-0.4, -0.2) is 72.2 Å². The number of carbonyl (C=O) groups excluding carboxylic acids is 1. The van der Waals surface area contributed by atoms with E-state index in [1.54, 1.807) is 26.0 Å². The van der Waals surface area contributed by atoms with Crippen LogP contribution in [0.3, 0.4) is 0 Å². The Morgan fingerprint density at radius 3 is 2.24 bits per heavy atom. The third-order valence-electron chi connectivity index (χ3n) is 5.70. The molecule has 0 radical (unpaired) electrons. The van der Waals surface area contributed by atoms with Gasteiger partial charge in [0.2, 0.25) is 20.0 Å². The van der Waals surface area contributed by atoms with Crippen LogP contribution in [0.4, 0.5) is 5.69 Å². The number of amides is 1. The lowest BCUT2D eigenvalue weighted by atomic mass is 10.1. The highest BCUT2D eigenvalue weighted by Gasteiger charge is 2.30. The fourth-order valence-electron chi connectivity index (χ4n) is 3.83. The van der Waals surface area contributed by atoms with Gasteiger partial charge in [-0.15, -0.1) is 0 Å². The molecule has 0 spiro atoms. The predicted molar refractivity (Wildman–Crippen MR) is 126 cm³/mol. The monoisotopic (exact) mass is 495 g/mol. The molecule has 180 valence electrons. The van der Waals surface area contributed by atoms with Crippen LogP contribution in [0.2, 0.25) is 0 Å². The van der Waals surface area contributed by atoms with Crippen LogP contribution in [0.1, 0.15) is 29.8 Å². The number of methoxy groups -OCH3 is 1. The summed E-state index contributed by atoms with van der Waals surface area (Å²) in [7, 11) is -3.25. The molecule has 2 aromatic rings. The van der Waals surface area contributed by atoms with Crippen LogP contribution in [0.25, 0.3) is 0 Å². The SMILES string of the molecule is CCN(CC)S(=O)(=O)c1ccc2c(c1)CCN2C(=O)c1ccc(OC)c(S(=O)(=O)N(C)C)c1. The Labute approximate surface area is 195 Å². The highest BCUT2D eigenvalue weighted by atomic mass is 32.2. The van der Waals surface area contributed by atoms with Crippen LogP contribution in [0, 0.1) is 0 Å². The Morgan fingerprint density at radius 1 is 1.00 bits per heavy atom. The first-order valence-electron chi connectivity index (χ1n) is 10.5. The van der Waals surface area contributed by atoms with E-state index in [0.29, 0.717) is 31.7 Å². The van der Waals surface area contributed by atoms with Crippen LogP contribution in [0.5, 0.6) is 5.75 Å². The minimum absolute atomic E-state index is 0.0964. The molecule has 0 saturated heterocycles. The van der Waals surface area contributed by atoms with Crippen LogP contribution in [-0.2, 0) is 26.5 Å². The molecule has 1 amide bonds. The molecule has 1 aliphatic heterocycles. The molecule has 1 aliphatic rings. The molecule has 3 rings (SSSR count). The molecule has 0 atom stereocenters. The van der Waals surface area contributed by atoms with Gasteiger partial charge in [0.1, 0.15) is 10.6 Å². The third kappa shape index (κ3) is 4.50. The number of anilines is 1. The predicted octanol–water partition coefficient (Wildman–Crippen LogP) is 2.18. The molecule has 0 saturated carbocycles. The lowest BCUT2D eigenvalue weighted by Gasteiger charge is -2.21. The van der Waals surface area contributed by atoms with Crippen molar-refractivity contribution in [3.05, 3.63) is 47.5 Å². The van der Waals surface area contributed by atoms with Gasteiger partial charge in [0.15, 0.2) is 0 Å². The van der Waals surface area contributed by atoms with E-state index < -0.39 is 20.0 Å². The number of sulfonamides is 2. The van der Waals surface area contributed by atoms with E-state index in [2.05, 4.69) is 0 Å². The Morgan fingerprint density at radius 2 is 1.67 bits per heavy atom. The quantitative estimate of drug-likeness (QED) is 0.556. The van der Waals surface area contributed by atoms with Crippen LogP contribution >= 0.6 is 0 Å². The van der Waals surface area contributed by atoms with Crippen molar-refractivity contribution < 1.29 is 26.4 Å². The first-order valence-corrected chi connectivity index (χ1v) is 13.4. The highest BCUT2D eigenvalue weighted by molar-refractivity contribution is 7.89. The number of hydrogen-bond donors (Lipinski definition) is 0. The summed E-state index contributed by atoms with van der Waals surface area (Å²) < 4.78 is 58.7. The Hall–Kier alpha value is -2.47. The van der Waals surface area contributed by atoms with Crippen molar-refractivity contribution >= 4 is 31.6 Å². The van der Waals surface area contributed by atoms with Crippen molar-refractivity contribution in [3.63, 3.8) is 0 Å². The molecule has 0 aliphatic carbocycles. The maximum atomic E-state index is 13.3. The second-order valence-corrected chi connectivity index (χ2v) is 11.8. The molecule has 0 N–H and O–H groups in total. The molecule has 0 bridgehead atoms. The molecule has 2 aromatic carbocycles. The summed E-state index contributed by atoms with van der Waals surface area (Å²) in [6, 6.07) is 9.05. The Balaban J connectivity index is 1.98. The number of ether oxygens (including phenoxy) is 1. The van der Waals surface area contributed by atoms with Crippen molar-refractivity contribution in [2.45, 2.75) is 30.1 Å². The zero-order valence-corrected chi connectivity index (χ0v) is 21.0. The van der Waals surface area contributed by atoms with E-state index in [9.17, 15) is 21.6 Å². The van der Waals surface area contributed by atoms with E-state index in [1.165, 1.54) is 54.7 Å². The van der Waals surface area contributed by atoms with Gasteiger partial charge in [0.25, 0.3) is 5.91 Å². The van der Waals surface area contributed by atoms with Gasteiger partial charge in [-0.3, -0.25) is 4.79 Å². The average molecular weight is 496 g/mol. The van der Waals surface area contributed by atoms with E-state index in [-0.39, 0.29) is 27.0 Å². The largest absolute Gasteiger partial charge is 0.495 e. The van der Waals surface area contributed by atoms with Gasteiger partial charge in [-0.25, -0.2) is 21.1 Å². The first-order chi connectivity index (χ1) is 15.5. The van der Waals surface area contributed by atoms with E-state index in [1.807, 2.05) is 0 Å². The molecule has 0 fully saturated rings. The third-order valence-corrected chi connectivity index (χ3v) is 9.59. The van der Waals surface area contributed by atoms with Crippen LogP contribution < -0.4 is 9.64 Å². The maximum absolute atomic E-state index is 13.3. The summed E-state index contributed by atoms with van der Waals surface area (Å²) in [5.41, 5.74) is 1.57. The zero-order chi connectivity index (χ0) is 24.6. The van der Waals surface area contributed by atoms with Gasteiger partial charge in [-0.05, 0) is 48.4 Å². The number of rotatable bonds is 8. The van der Waals surface area contributed by atoms with Crippen molar-refractivity contribution in [1.82, 2.24) is 8.61 Å². The van der Waals surface area contributed by atoms with Gasteiger partial charge in [-0.2, -0.15) is 4.31 Å². The van der Waals surface area contributed by atoms with E-state index >= 15 is 0 Å². The smallest absolute Gasteiger partial charge is 0.258 e. The highest BCUT2D eigenvalue weighted by Crippen LogP contribution is 2.33. The minimum Gasteiger partial charge on any atom is -0.495 e. The summed E-state index contributed by atoms with van der Waals surface area (Å²) in [5.74, 6) is -0.223. The summed E-state index contributed by atoms with van der Waals surface area (Å²) in [4.78, 5) is 14.9. The summed E-state index contributed by atoms with van der Waals surface area (Å²) in [6.07, 6.45) is 0.502. The minimum atomic E-state index is -3.83. The zero-order valence-electron chi connectivity index (χ0n) is 19.4. The molecule has 0 aromatic heterocycles. The average Bonchev–Trinajstić information content (AvgIpc) is 3.22. The molecule has 1 heterocycles. The first kappa shape index (κ1) is 25.2. The summed E-state index contributed by atoms with van der Waals surface area (Å²) in [5, 5.41) is 0. The molecular weight excluding hydrogens is 466 g/mol. The molecule has 0 unspecified atom stereocenters. The van der Waals surface area contributed by atoms with Gasteiger partial charge in [0, 0.05) is 45.0 Å². The fraction of sp³-hybridized carbons (Fsp3) is 0.409. The molecule has 11 heteroatoms.